The van der Waals surface area contributed by atoms with Gasteiger partial charge in [0.05, 0.1) is 22.3 Å². The van der Waals surface area contributed by atoms with E-state index in [1.165, 1.54) is 10.4 Å². The van der Waals surface area contributed by atoms with Crippen molar-refractivity contribution < 1.29 is 9.22 Å². The maximum Gasteiger partial charge on any atom is 0.327 e. The number of amides is 2. The maximum atomic E-state index is 14.0. The van der Waals surface area contributed by atoms with Crippen LogP contribution in [0.15, 0.2) is 72.8 Å². The van der Waals surface area contributed by atoms with Gasteiger partial charge in [-0.25, -0.2) is 4.79 Å². The van der Waals surface area contributed by atoms with Crippen LogP contribution in [0.25, 0.3) is 0 Å². The van der Waals surface area contributed by atoms with Crippen molar-refractivity contribution >= 4 is 42.7 Å². The van der Waals surface area contributed by atoms with Crippen LogP contribution in [0.2, 0.25) is 5.02 Å². The molecule has 0 N–H and O–H groups in total. The molecule has 5 rings (SSSR count). The first-order valence-corrected chi connectivity index (χ1v) is 14.8. The van der Waals surface area contributed by atoms with Crippen molar-refractivity contribution in [2.45, 2.75) is 46.4 Å². The van der Waals surface area contributed by atoms with Gasteiger partial charge < -0.3 is 9.33 Å². The average molecular weight is 530 g/mol. The second-order valence-electron chi connectivity index (χ2n) is 11.0. The number of hydrogen-bond donors (Lipinski definition) is 0. The van der Waals surface area contributed by atoms with Gasteiger partial charge in [-0.15, -0.1) is 0 Å². The summed E-state index contributed by atoms with van der Waals surface area (Å²) in [4.78, 5) is 17.8. The van der Waals surface area contributed by atoms with Crippen molar-refractivity contribution in [2.24, 2.45) is 11.3 Å². The molecule has 0 spiro atoms. The molecule has 0 aliphatic carbocycles. The Morgan fingerprint density at radius 3 is 2.14 bits per heavy atom. The molecule has 3 aromatic rings. The molecule has 0 radical (unpaired) electrons. The first-order valence-electron chi connectivity index (χ1n) is 12.8. The number of urea groups is 1. The van der Waals surface area contributed by atoms with Crippen LogP contribution >= 0.6 is 11.6 Å². The summed E-state index contributed by atoms with van der Waals surface area (Å²) in [5.41, 5.74) is 1.83. The lowest BCUT2D eigenvalue weighted by atomic mass is 9.76. The van der Waals surface area contributed by atoms with Crippen molar-refractivity contribution in [1.29, 1.82) is 5.26 Å². The number of rotatable bonds is 5. The average Bonchev–Trinajstić information content (AvgIpc) is 3.45. The fourth-order valence-corrected chi connectivity index (χ4v) is 8.49. The molecule has 3 atom stereocenters. The van der Waals surface area contributed by atoms with E-state index in [4.69, 9.17) is 16.0 Å². The number of halogens is 1. The van der Waals surface area contributed by atoms with E-state index in [9.17, 15) is 10.1 Å². The molecule has 7 heteroatoms. The van der Waals surface area contributed by atoms with Crippen LogP contribution in [0.1, 0.15) is 38.3 Å². The quantitative estimate of drug-likeness (QED) is 0.433. The predicted molar refractivity (Wildman–Crippen MR) is 151 cm³/mol. The van der Waals surface area contributed by atoms with E-state index >= 15 is 0 Å². The number of nitriles is 1. The predicted octanol–water partition coefficient (Wildman–Crippen LogP) is 5.08. The Balaban J connectivity index is 1.65. The van der Waals surface area contributed by atoms with E-state index in [-0.39, 0.29) is 23.4 Å². The van der Waals surface area contributed by atoms with Crippen molar-refractivity contribution in [2.75, 3.05) is 11.4 Å². The van der Waals surface area contributed by atoms with Gasteiger partial charge in [0.15, 0.2) is 0 Å². The van der Waals surface area contributed by atoms with E-state index in [1.807, 2.05) is 54.3 Å². The highest BCUT2D eigenvalue weighted by Crippen LogP contribution is 2.47. The van der Waals surface area contributed by atoms with Gasteiger partial charge in [0, 0.05) is 6.54 Å². The summed E-state index contributed by atoms with van der Waals surface area (Å²) in [7, 11) is -2.18. The third kappa shape index (κ3) is 4.57. The van der Waals surface area contributed by atoms with Crippen molar-refractivity contribution in [3.63, 3.8) is 0 Å². The third-order valence-corrected chi connectivity index (χ3v) is 10.8. The van der Waals surface area contributed by atoms with Crippen molar-refractivity contribution in [3.8, 4) is 6.07 Å². The van der Waals surface area contributed by atoms with Crippen LogP contribution in [-0.2, 0) is 4.43 Å². The molecule has 2 aliphatic heterocycles. The zero-order chi connectivity index (χ0) is 26.3. The molecule has 5 nitrogen and oxygen atoms in total. The number of carbonyl (C=O) groups is 1. The van der Waals surface area contributed by atoms with E-state index < -0.39 is 15.3 Å². The lowest BCUT2D eigenvalue weighted by molar-refractivity contribution is 0.0950. The van der Waals surface area contributed by atoms with Gasteiger partial charge in [0.25, 0.3) is 0 Å². The minimum atomic E-state index is -2.18. The molecule has 2 heterocycles. The summed E-state index contributed by atoms with van der Waals surface area (Å²) in [5, 5.41) is 12.2. The summed E-state index contributed by atoms with van der Waals surface area (Å²) in [5.74, 6) is 0.279. The van der Waals surface area contributed by atoms with E-state index in [1.54, 1.807) is 11.0 Å². The molecular formula is C30H32ClN3O2Si. The van der Waals surface area contributed by atoms with Crippen LogP contribution < -0.4 is 15.3 Å². The number of hydrogen-bond acceptors (Lipinski definition) is 3. The standard InChI is InChI=1S/C30H32ClN3O2Si/c1-20-25(16-15-21(19-32)26(20)31)34-28(27-24(30(2,3)4)17-18-33(27)29(34)35)36-37(22-11-7-5-8-12-22)23-13-9-6-10-14-23/h5-16,24,27-28,37H,17-18H2,1-4H3/t24-,27-,28?/m1/s1. The minimum Gasteiger partial charge on any atom is -0.389 e. The van der Waals surface area contributed by atoms with E-state index in [2.05, 4.69) is 51.1 Å². The number of carbonyl (C=O) groups excluding carboxylic acids is 1. The Hall–Kier alpha value is -3.11. The zero-order valence-electron chi connectivity index (χ0n) is 21.7. The Bertz CT molecular complexity index is 1300. The van der Waals surface area contributed by atoms with Crippen LogP contribution in [0.5, 0.6) is 0 Å². The SMILES string of the molecule is Cc1c(N2C(=O)N3CC[C@@H](C(C)(C)C)[C@@H]3C2O[SiH](c2ccccc2)c2ccccc2)ccc(C#N)c1Cl. The van der Waals surface area contributed by atoms with Gasteiger partial charge in [-0.2, -0.15) is 5.26 Å². The van der Waals surface area contributed by atoms with E-state index in [0.717, 1.165) is 6.42 Å². The fraction of sp³-hybridized carbons (Fsp3) is 0.333. The van der Waals surface area contributed by atoms with Crippen LogP contribution in [0, 0.1) is 29.6 Å². The number of anilines is 1. The second-order valence-corrected chi connectivity index (χ2v) is 13.8. The number of fused-ring (bicyclic) bond motifs is 1. The van der Waals surface area contributed by atoms with Crippen LogP contribution in [0.3, 0.4) is 0 Å². The molecule has 2 saturated heterocycles. The molecule has 3 aromatic carbocycles. The molecule has 1 unspecified atom stereocenters. The lowest BCUT2D eigenvalue weighted by Crippen LogP contribution is -2.54. The largest absolute Gasteiger partial charge is 0.389 e. The summed E-state index contributed by atoms with van der Waals surface area (Å²) in [6, 6.07) is 26.3. The van der Waals surface area contributed by atoms with Gasteiger partial charge in [-0.05, 0) is 52.7 Å². The highest BCUT2D eigenvalue weighted by molar-refractivity contribution is 6.80. The highest BCUT2D eigenvalue weighted by Gasteiger charge is 2.57. The van der Waals surface area contributed by atoms with Gasteiger partial charge >= 0.3 is 6.03 Å². The molecule has 2 amide bonds. The molecule has 2 aliphatic rings. The van der Waals surface area contributed by atoms with Gasteiger partial charge in [-0.1, -0.05) is 93.0 Å². The zero-order valence-corrected chi connectivity index (χ0v) is 23.6. The topological polar surface area (TPSA) is 56.6 Å². The summed E-state index contributed by atoms with van der Waals surface area (Å²) in [6.07, 6.45) is 0.475. The first kappa shape index (κ1) is 25.5. The molecule has 190 valence electrons. The second kappa shape index (κ2) is 9.98. The Morgan fingerprint density at radius 2 is 1.59 bits per heavy atom. The number of nitrogens with zero attached hydrogens (tertiary/aromatic N) is 3. The molecule has 37 heavy (non-hydrogen) atoms. The fourth-order valence-electron chi connectivity index (χ4n) is 5.88. The third-order valence-electron chi connectivity index (χ3n) is 7.78. The van der Waals surface area contributed by atoms with Crippen LogP contribution in [0.4, 0.5) is 10.5 Å². The highest BCUT2D eigenvalue weighted by atomic mass is 35.5. The Labute approximate surface area is 226 Å². The maximum absolute atomic E-state index is 14.0. The van der Waals surface area contributed by atoms with Crippen molar-refractivity contribution in [3.05, 3.63) is 88.9 Å². The monoisotopic (exact) mass is 529 g/mol. The van der Waals surface area contributed by atoms with Crippen molar-refractivity contribution in [1.82, 2.24) is 4.90 Å². The number of benzene rings is 3. The summed E-state index contributed by atoms with van der Waals surface area (Å²) in [6.45, 7) is 9.32. The molecule has 0 aromatic heterocycles. The molecule has 0 saturated carbocycles. The normalized spacial score (nSPS) is 21.4. The van der Waals surface area contributed by atoms with E-state index in [0.29, 0.717) is 28.4 Å². The van der Waals surface area contributed by atoms with Crippen LogP contribution in [-0.4, -0.2) is 38.8 Å². The molecule has 2 fully saturated rings. The Morgan fingerprint density at radius 1 is 1.00 bits per heavy atom. The minimum absolute atomic E-state index is 0.00518. The Kier molecular flexibility index (Phi) is 6.89. The molecule has 0 bridgehead atoms. The van der Waals surface area contributed by atoms with Gasteiger partial charge in [0.1, 0.15) is 12.3 Å². The summed E-state index contributed by atoms with van der Waals surface area (Å²) >= 11 is 6.59. The first-order chi connectivity index (χ1) is 17.7. The smallest absolute Gasteiger partial charge is 0.327 e. The van der Waals surface area contributed by atoms with Gasteiger partial charge in [-0.3, -0.25) is 4.90 Å². The lowest BCUT2D eigenvalue weighted by Gasteiger charge is -2.37. The summed E-state index contributed by atoms with van der Waals surface area (Å²) < 4.78 is 7.21. The van der Waals surface area contributed by atoms with Gasteiger partial charge in [0.2, 0.25) is 9.04 Å². The molecular weight excluding hydrogens is 498 g/mol.